The van der Waals surface area contributed by atoms with Crippen molar-refractivity contribution in [2.75, 3.05) is 33.2 Å². The van der Waals surface area contributed by atoms with Crippen molar-refractivity contribution in [2.45, 2.75) is 6.92 Å². The Labute approximate surface area is 201 Å². The quantitative estimate of drug-likeness (QED) is 0.427. The van der Waals surface area contributed by atoms with E-state index in [2.05, 4.69) is 32.3 Å². The van der Waals surface area contributed by atoms with Crippen molar-refractivity contribution in [1.29, 1.82) is 0 Å². The highest BCUT2D eigenvalue weighted by atomic mass is 35.5. The number of piperazine rings is 1. The van der Waals surface area contributed by atoms with Gasteiger partial charge in [0.05, 0.1) is 29.9 Å². The Kier molecular flexibility index (Phi) is 6.08. The number of H-pyrrole nitrogens is 1. The van der Waals surface area contributed by atoms with E-state index in [1.807, 2.05) is 53.5 Å². The molecule has 0 amide bonds. The maximum atomic E-state index is 12.8. The molecular weight excluding hydrogens is 450 g/mol. The van der Waals surface area contributed by atoms with E-state index in [0.29, 0.717) is 33.1 Å². The number of hydrogen-bond acceptors (Lipinski definition) is 6. The van der Waals surface area contributed by atoms with Gasteiger partial charge in [0.25, 0.3) is 5.56 Å². The molecule has 1 saturated heterocycles. The summed E-state index contributed by atoms with van der Waals surface area (Å²) in [6.45, 7) is 5.45. The highest BCUT2D eigenvalue weighted by Gasteiger charge is 2.16. The first-order valence-corrected chi connectivity index (χ1v) is 11.5. The van der Waals surface area contributed by atoms with Crippen LogP contribution < -0.4 is 5.56 Å². The van der Waals surface area contributed by atoms with E-state index < -0.39 is 0 Å². The fourth-order valence-electron chi connectivity index (χ4n) is 3.99. The molecular formula is C25H24ClN7O. The van der Waals surface area contributed by atoms with Gasteiger partial charge in [-0.1, -0.05) is 47.2 Å². The summed E-state index contributed by atoms with van der Waals surface area (Å²) >= 11 is 6.49. The van der Waals surface area contributed by atoms with Crippen molar-refractivity contribution in [3.05, 3.63) is 75.8 Å². The third-order valence-corrected chi connectivity index (χ3v) is 6.22. The van der Waals surface area contributed by atoms with Crippen LogP contribution in [0.1, 0.15) is 5.82 Å². The lowest BCUT2D eigenvalue weighted by Crippen LogP contribution is -2.41. The standard InChI is InChI=1S/C25H24ClN7O/c1-16-27-24-23(25(34)28-16)20(19-5-3-4-6-21(19)26)15-22(29-24)17-7-9-18(10-8-17)30-31-33-13-11-32(2)12-14-33/h3-10,15H,11-14H2,1-2H3,(H,27,28,29,34). The zero-order valence-corrected chi connectivity index (χ0v) is 19.8. The zero-order chi connectivity index (χ0) is 23.7. The Balaban J connectivity index is 1.53. The molecule has 0 aliphatic carbocycles. The number of pyridine rings is 1. The van der Waals surface area contributed by atoms with Crippen LogP contribution in [0.5, 0.6) is 0 Å². The van der Waals surface area contributed by atoms with Gasteiger partial charge in [0, 0.05) is 34.8 Å². The van der Waals surface area contributed by atoms with Gasteiger partial charge in [-0.2, -0.15) is 0 Å². The summed E-state index contributed by atoms with van der Waals surface area (Å²) in [4.78, 5) is 27.0. The molecule has 172 valence electrons. The van der Waals surface area contributed by atoms with Crippen LogP contribution in [0.2, 0.25) is 5.02 Å². The molecule has 8 nitrogen and oxygen atoms in total. The number of halogens is 1. The van der Waals surface area contributed by atoms with Crippen LogP contribution in [0, 0.1) is 6.92 Å². The molecule has 9 heteroatoms. The molecule has 0 radical (unpaired) electrons. The first-order valence-electron chi connectivity index (χ1n) is 11.1. The van der Waals surface area contributed by atoms with Crippen molar-refractivity contribution >= 4 is 28.3 Å². The van der Waals surface area contributed by atoms with Gasteiger partial charge in [0.1, 0.15) is 5.82 Å². The molecule has 2 aromatic heterocycles. The third-order valence-electron chi connectivity index (χ3n) is 5.89. The summed E-state index contributed by atoms with van der Waals surface area (Å²) in [6.07, 6.45) is 0. The summed E-state index contributed by atoms with van der Waals surface area (Å²) in [5, 5.41) is 11.7. The number of aromatic amines is 1. The van der Waals surface area contributed by atoms with E-state index in [4.69, 9.17) is 16.6 Å². The van der Waals surface area contributed by atoms with Gasteiger partial charge < -0.3 is 9.88 Å². The number of likely N-dealkylation sites (N-methyl/N-ethyl adjacent to an activating group) is 1. The van der Waals surface area contributed by atoms with E-state index >= 15 is 0 Å². The van der Waals surface area contributed by atoms with E-state index in [0.717, 1.165) is 43.0 Å². The van der Waals surface area contributed by atoms with E-state index in [-0.39, 0.29) is 5.56 Å². The van der Waals surface area contributed by atoms with Gasteiger partial charge >= 0.3 is 0 Å². The van der Waals surface area contributed by atoms with Gasteiger partial charge in [-0.3, -0.25) is 9.80 Å². The zero-order valence-electron chi connectivity index (χ0n) is 19.0. The van der Waals surface area contributed by atoms with Crippen LogP contribution in [0.3, 0.4) is 0 Å². The second-order valence-corrected chi connectivity index (χ2v) is 8.79. The van der Waals surface area contributed by atoms with Gasteiger partial charge in [-0.15, -0.1) is 5.11 Å². The highest BCUT2D eigenvalue weighted by molar-refractivity contribution is 6.33. The van der Waals surface area contributed by atoms with Gasteiger partial charge in [-0.05, 0) is 38.2 Å². The van der Waals surface area contributed by atoms with E-state index in [9.17, 15) is 4.79 Å². The summed E-state index contributed by atoms with van der Waals surface area (Å²) in [5.74, 6) is 0.506. The predicted molar refractivity (Wildman–Crippen MR) is 134 cm³/mol. The number of nitrogens with one attached hydrogen (secondary N) is 1. The molecule has 1 N–H and O–H groups in total. The second-order valence-electron chi connectivity index (χ2n) is 8.38. The molecule has 1 fully saturated rings. The lowest BCUT2D eigenvalue weighted by atomic mass is 10.00. The molecule has 3 heterocycles. The maximum Gasteiger partial charge on any atom is 0.261 e. The van der Waals surface area contributed by atoms with Crippen LogP contribution in [0.25, 0.3) is 33.4 Å². The highest BCUT2D eigenvalue weighted by Crippen LogP contribution is 2.34. The smallest absolute Gasteiger partial charge is 0.261 e. The molecule has 0 bridgehead atoms. The predicted octanol–water partition coefficient (Wildman–Crippen LogP) is 4.86. The van der Waals surface area contributed by atoms with Crippen molar-refractivity contribution in [2.24, 2.45) is 10.3 Å². The summed E-state index contributed by atoms with van der Waals surface area (Å²) in [7, 11) is 2.11. The first-order chi connectivity index (χ1) is 16.5. The van der Waals surface area contributed by atoms with Crippen LogP contribution in [-0.4, -0.2) is 58.1 Å². The minimum atomic E-state index is -0.240. The molecule has 1 aliphatic heterocycles. The van der Waals surface area contributed by atoms with Crippen molar-refractivity contribution in [3.63, 3.8) is 0 Å². The molecule has 0 unspecified atom stereocenters. The van der Waals surface area contributed by atoms with Crippen LogP contribution in [-0.2, 0) is 0 Å². The molecule has 0 spiro atoms. The summed E-state index contributed by atoms with van der Waals surface area (Å²) in [5.41, 5.74) is 3.93. The average molecular weight is 474 g/mol. The Hall–Kier alpha value is -3.62. The lowest BCUT2D eigenvalue weighted by molar-refractivity contribution is 0.150. The number of aryl methyl sites for hydroxylation is 1. The monoisotopic (exact) mass is 473 g/mol. The minimum Gasteiger partial charge on any atom is -0.310 e. The van der Waals surface area contributed by atoms with Crippen LogP contribution in [0.4, 0.5) is 5.69 Å². The Morgan fingerprint density at radius 3 is 2.44 bits per heavy atom. The van der Waals surface area contributed by atoms with Crippen molar-refractivity contribution < 1.29 is 0 Å². The fourth-order valence-corrected chi connectivity index (χ4v) is 4.23. The van der Waals surface area contributed by atoms with Crippen molar-refractivity contribution in [1.82, 2.24) is 24.9 Å². The molecule has 2 aromatic carbocycles. The van der Waals surface area contributed by atoms with Crippen LogP contribution >= 0.6 is 11.6 Å². The van der Waals surface area contributed by atoms with Crippen molar-refractivity contribution in [3.8, 4) is 22.4 Å². The van der Waals surface area contributed by atoms with E-state index in [1.54, 1.807) is 13.0 Å². The Morgan fingerprint density at radius 2 is 1.71 bits per heavy atom. The second kappa shape index (κ2) is 9.32. The maximum absolute atomic E-state index is 12.8. The number of fused-ring (bicyclic) bond motifs is 1. The fraction of sp³-hybridized carbons (Fsp3) is 0.240. The summed E-state index contributed by atoms with van der Waals surface area (Å²) < 4.78 is 0. The normalized spacial score (nSPS) is 14.9. The Morgan fingerprint density at radius 1 is 0.971 bits per heavy atom. The number of nitrogens with zero attached hydrogens (tertiary/aromatic N) is 6. The molecule has 4 aromatic rings. The largest absolute Gasteiger partial charge is 0.310 e. The number of rotatable bonds is 4. The van der Waals surface area contributed by atoms with Gasteiger partial charge in [0.15, 0.2) is 5.65 Å². The average Bonchev–Trinajstić information content (AvgIpc) is 2.83. The van der Waals surface area contributed by atoms with Gasteiger partial charge in [0.2, 0.25) is 0 Å². The Bertz CT molecular complexity index is 1420. The number of aromatic nitrogens is 3. The minimum absolute atomic E-state index is 0.240. The topological polar surface area (TPSA) is 89.8 Å². The lowest BCUT2D eigenvalue weighted by Gasteiger charge is -2.29. The number of hydrogen-bond donors (Lipinski definition) is 1. The molecule has 0 saturated carbocycles. The SMILES string of the molecule is Cc1nc2nc(-c3ccc(N=NN4CCN(C)CC4)cc3)cc(-c3ccccc3Cl)c2c(=O)[nH]1. The molecule has 1 aliphatic rings. The number of benzene rings is 2. The first kappa shape index (κ1) is 22.2. The third kappa shape index (κ3) is 4.55. The molecule has 34 heavy (non-hydrogen) atoms. The molecule has 5 rings (SSSR count). The summed E-state index contributed by atoms with van der Waals surface area (Å²) in [6, 6.07) is 17.0. The van der Waals surface area contributed by atoms with E-state index in [1.165, 1.54) is 0 Å². The van der Waals surface area contributed by atoms with Gasteiger partial charge in [-0.25, -0.2) is 9.97 Å². The van der Waals surface area contributed by atoms with Crippen LogP contribution in [0.15, 0.2) is 69.7 Å². The molecule has 0 atom stereocenters.